The van der Waals surface area contributed by atoms with Gasteiger partial charge in [0.1, 0.15) is 6.61 Å². The molecule has 4 N–H and O–H groups in total. The minimum Gasteiger partial charge on any atom is -0.479 e. The molecular weight excluding hydrogens is 420 g/mol. The van der Waals surface area contributed by atoms with Crippen molar-refractivity contribution in [2.24, 2.45) is 16.6 Å². The van der Waals surface area contributed by atoms with Gasteiger partial charge in [-0.25, -0.2) is 8.78 Å². The summed E-state index contributed by atoms with van der Waals surface area (Å²) in [5.74, 6) is -9.06. The molecular formula is C20H26F4N4O3. The van der Waals surface area contributed by atoms with Crippen LogP contribution in [-0.2, 0) is 9.59 Å². The molecule has 0 spiro atoms. The molecule has 31 heavy (non-hydrogen) atoms. The number of guanidine groups is 1. The summed E-state index contributed by atoms with van der Waals surface area (Å²) < 4.78 is 58.9. The van der Waals surface area contributed by atoms with Crippen LogP contribution in [-0.4, -0.2) is 43.9 Å². The Morgan fingerprint density at radius 3 is 2.39 bits per heavy atom. The van der Waals surface area contributed by atoms with Crippen molar-refractivity contribution >= 4 is 17.6 Å². The highest BCUT2D eigenvalue weighted by Gasteiger charge is 2.28. The number of nitrogens with one attached hydrogen (secondary N) is 2. The Hall–Kier alpha value is -2.85. The highest BCUT2D eigenvalue weighted by Crippen LogP contribution is 2.27. The number of rotatable bonds is 10. The second-order valence-corrected chi connectivity index (χ2v) is 7.27. The molecule has 0 aromatic heterocycles. The van der Waals surface area contributed by atoms with Gasteiger partial charge >= 0.3 is 0 Å². The average Bonchev–Trinajstić information content (AvgIpc) is 3.29. The Balaban J connectivity index is 2.03. The quantitative estimate of drug-likeness (QED) is 0.168. The van der Waals surface area contributed by atoms with E-state index >= 15 is 0 Å². The van der Waals surface area contributed by atoms with Crippen LogP contribution in [0.3, 0.4) is 0 Å². The van der Waals surface area contributed by atoms with Crippen LogP contribution in [0.1, 0.15) is 38.5 Å². The molecule has 172 valence electrons. The third-order valence-corrected chi connectivity index (χ3v) is 5.08. The Kier molecular flexibility index (Phi) is 9.07. The summed E-state index contributed by atoms with van der Waals surface area (Å²) in [6.07, 6.45) is 3.87. The smallest absolute Gasteiger partial charge is 0.223 e. The molecule has 0 bridgehead atoms. The van der Waals surface area contributed by atoms with Crippen LogP contribution in [0.4, 0.5) is 17.6 Å². The predicted molar refractivity (Wildman–Crippen MR) is 105 cm³/mol. The second kappa shape index (κ2) is 11.5. The van der Waals surface area contributed by atoms with Crippen LogP contribution in [0.2, 0.25) is 0 Å². The van der Waals surface area contributed by atoms with Crippen molar-refractivity contribution in [1.29, 1.82) is 0 Å². The van der Waals surface area contributed by atoms with Gasteiger partial charge in [0, 0.05) is 25.6 Å². The molecule has 1 fully saturated rings. The summed E-state index contributed by atoms with van der Waals surface area (Å²) in [4.78, 5) is 28.8. The highest BCUT2D eigenvalue weighted by atomic mass is 19.2. The van der Waals surface area contributed by atoms with E-state index in [0.29, 0.717) is 25.8 Å². The number of amides is 1. The summed E-state index contributed by atoms with van der Waals surface area (Å²) in [6.45, 7) is -0.510. The first-order valence-electron chi connectivity index (χ1n) is 9.99. The van der Waals surface area contributed by atoms with E-state index in [0.717, 1.165) is 12.8 Å². The summed E-state index contributed by atoms with van der Waals surface area (Å²) in [5.41, 5.74) is 5.53. The fourth-order valence-corrected chi connectivity index (χ4v) is 3.31. The van der Waals surface area contributed by atoms with Crippen LogP contribution in [0.15, 0.2) is 11.1 Å². The SMILES string of the molecule is CN=C(N)NCCC[C@H](NC(=O)C1CCCC1)C(=O)COc1c(F)c(F)cc(F)c1F. The standard InChI is InChI=1S/C20H26F4N4O3/c1-26-20(25)27-8-4-7-14(28-19(30)11-5-2-3-6-11)15(29)10-31-18-16(23)12(21)9-13(22)17(18)24/h9,11,14H,2-8,10H2,1H3,(H,28,30)(H3,25,26,27)/t14-/m0/s1. The predicted octanol–water partition coefficient (Wildman–Crippen LogP) is 2.18. The number of ether oxygens (including phenoxy) is 1. The molecule has 0 saturated heterocycles. The number of aliphatic imine (C=N–C) groups is 1. The lowest BCUT2D eigenvalue weighted by Gasteiger charge is -2.20. The molecule has 1 atom stereocenters. The van der Waals surface area contributed by atoms with Crippen LogP contribution in [0.25, 0.3) is 0 Å². The van der Waals surface area contributed by atoms with E-state index in [9.17, 15) is 27.2 Å². The van der Waals surface area contributed by atoms with Gasteiger partial charge in [0.2, 0.25) is 17.5 Å². The lowest BCUT2D eigenvalue weighted by molar-refractivity contribution is -0.131. The molecule has 1 aliphatic rings. The van der Waals surface area contributed by atoms with E-state index in [2.05, 4.69) is 15.6 Å². The molecule has 0 aliphatic heterocycles. The third-order valence-electron chi connectivity index (χ3n) is 5.08. The number of hydrogen-bond acceptors (Lipinski definition) is 4. The largest absolute Gasteiger partial charge is 0.479 e. The second-order valence-electron chi connectivity index (χ2n) is 7.27. The first-order valence-corrected chi connectivity index (χ1v) is 9.99. The van der Waals surface area contributed by atoms with E-state index in [1.54, 1.807) is 0 Å². The normalized spacial score (nSPS) is 15.6. The first kappa shape index (κ1) is 24.4. The molecule has 1 amide bonds. The van der Waals surface area contributed by atoms with Crippen molar-refractivity contribution in [2.75, 3.05) is 20.2 Å². The summed E-state index contributed by atoms with van der Waals surface area (Å²) >= 11 is 0. The van der Waals surface area contributed by atoms with Crippen molar-refractivity contribution in [1.82, 2.24) is 10.6 Å². The van der Waals surface area contributed by atoms with Gasteiger partial charge in [0.15, 0.2) is 29.1 Å². The van der Waals surface area contributed by atoms with Crippen LogP contribution >= 0.6 is 0 Å². The number of ketones is 1. The molecule has 1 aromatic rings. The van der Waals surface area contributed by atoms with E-state index in [1.165, 1.54) is 7.05 Å². The fraction of sp³-hybridized carbons (Fsp3) is 0.550. The zero-order valence-electron chi connectivity index (χ0n) is 17.2. The maximum Gasteiger partial charge on any atom is 0.223 e. The molecule has 2 rings (SSSR count). The maximum absolute atomic E-state index is 13.7. The summed E-state index contributed by atoms with van der Waals surface area (Å²) in [5, 5.41) is 5.47. The molecule has 11 heteroatoms. The minimum absolute atomic E-state index is 0.0439. The van der Waals surface area contributed by atoms with E-state index < -0.39 is 47.5 Å². The minimum atomic E-state index is -1.74. The van der Waals surface area contributed by atoms with Gasteiger partial charge < -0.3 is 21.1 Å². The van der Waals surface area contributed by atoms with Crippen molar-refractivity contribution in [3.8, 4) is 5.75 Å². The monoisotopic (exact) mass is 446 g/mol. The van der Waals surface area contributed by atoms with Crippen LogP contribution < -0.4 is 21.1 Å². The number of carbonyl (C=O) groups is 2. The zero-order chi connectivity index (χ0) is 23.0. The first-order chi connectivity index (χ1) is 14.7. The number of Topliss-reactive ketones (excluding diaryl/α,β-unsaturated/α-hetero) is 1. The fourth-order valence-electron chi connectivity index (χ4n) is 3.31. The van der Waals surface area contributed by atoms with Gasteiger partial charge in [0.05, 0.1) is 6.04 Å². The summed E-state index contributed by atoms with van der Waals surface area (Å²) in [6, 6.07) is -0.957. The zero-order valence-corrected chi connectivity index (χ0v) is 17.2. The van der Waals surface area contributed by atoms with Crippen molar-refractivity contribution in [3.05, 3.63) is 29.3 Å². The van der Waals surface area contributed by atoms with E-state index in [1.807, 2.05) is 0 Å². The van der Waals surface area contributed by atoms with Crippen LogP contribution in [0, 0.1) is 29.2 Å². The molecule has 0 heterocycles. The van der Waals surface area contributed by atoms with E-state index in [4.69, 9.17) is 10.5 Å². The lowest BCUT2D eigenvalue weighted by Crippen LogP contribution is -2.45. The number of halogens is 4. The Morgan fingerprint density at radius 1 is 1.19 bits per heavy atom. The number of carbonyl (C=O) groups excluding carboxylic acids is 2. The van der Waals surface area contributed by atoms with Gasteiger partial charge in [-0.3, -0.25) is 14.6 Å². The van der Waals surface area contributed by atoms with Gasteiger partial charge in [-0.05, 0) is 25.7 Å². The molecule has 1 aliphatic carbocycles. The van der Waals surface area contributed by atoms with Gasteiger partial charge in [0.25, 0.3) is 0 Å². The van der Waals surface area contributed by atoms with Crippen LogP contribution in [0.5, 0.6) is 5.75 Å². The van der Waals surface area contributed by atoms with Crippen molar-refractivity contribution < 1.29 is 31.9 Å². The summed E-state index contributed by atoms with van der Waals surface area (Å²) in [7, 11) is 1.50. The highest BCUT2D eigenvalue weighted by molar-refractivity contribution is 5.90. The molecule has 7 nitrogen and oxygen atoms in total. The van der Waals surface area contributed by atoms with Gasteiger partial charge in [-0.15, -0.1) is 0 Å². The number of nitrogens with zero attached hydrogens (tertiary/aromatic N) is 1. The Morgan fingerprint density at radius 2 is 1.81 bits per heavy atom. The Bertz CT molecular complexity index is 803. The van der Waals surface area contributed by atoms with Crippen molar-refractivity contribution in [3.63, 3.8) is 0 Å². The lowest BCUT2D eigenvalue weighted by atomic mass is 10.0. The molecule has 0 unspecified atom stereocenters. The Labute approximate surface area is 177 Å². The van der Waals surface area contributed by atoms with Gasteiger partial charge in [-0.2, -0.15) is 8.78 Å². The topological polar surface area (TPSA) is 106 Å². The molecule has 1 aromatic carbocycles. The molecule has 1 saturated carbocycles. The molecule has 0 radical (unpaired) electrons. The van der Waals surface area contributed by atoms with Gasteiger partial charge in [-0.1, -0.05) is 12.8 Å². The number of hydrogen-bond donors (Lipinski definition) is 3. The third kappa shape index (κ3) is 6.83. The van der Waals surface area contributed by atoms with Crippen molar-refractivity contribution in [2.45, 2.75) is 44.6 Å². The maximum atomic E-state index is 13.7. The number of benzene rings is 1. The number of nitrogens with two attached hydrogens (primary N) is 1. The average molecular weight is 446 g/mol. The van der Waals surface area contributed by atoms with E-state index in [-0.39, 0.29) is 30.3 Å².